The number of ether oxygens (including phenoxy) is 1. The van der Waals surface area contributed by atoms with Crippen molar-refractivity contribution >= 4 is 23.4 Å². The van der Waals surface area contributed by atoms with E-state index >= 15 is 0 Å². The highest BCUT2D eigenvalue weighted by molar-refractivity contribution is 6.04. The number of amides is 3. The molecular formula is C30H39N3O5. The summed E-state index contributed by atoms with van der Waals surface area (Å²) in [5, 5.41) is 10.3. The summed E-state index contributed by atoms with van der Waals surface area (Å²) in [6, 6.07) is 7.98. The number of rotatable bonds is 8. The van der Waals surface area contributed by atoms with E-state index in [4.69, 9.17) is 4.74 Å². The van der Waals surface area contributed by atoms with Gasteiger partial charge in [-0.2, -0.15) is 0 Å². The fourth-order valence-corrected chi connectivity index (χ4v) is 6.94. The van der Waals surface area contributed by atoms with E-state index in [0.717, 1.165) is 18.5 Å². The van der Waals surface area contributed by atoms with Gasteiger partial charge in [0.1, 0.15) is 11.6 Å². The van der Waals surface area contributed by atoms with E-state index in [0.29, 0.717) is 32.5 Å². The molecule has 38 heavy (non-hydrogen) atoms. The number of carbonyl (C=O) groups excluding carboxylic acids is 3. The molecule has 2 fully saturated rings. The van der Waals surface area contributed by atoms with Gasteiger partial charge in [0.05, 0.1) is 30.1 Å². The van der Waals surface area contributed by atoms with Gasteiger partial charge in [-0.05, 0) is 31.4 Å². The maximum Gasteiger partial charge on any atom is 0.249 e. The Kier molecular flexibility index (Phi) is 7.22. The average molecular weight is 522 g/mol. The summed E-state index contributed by atoms with van der Waals surface area (Å²) in [6.07, 6.45) is 10.5. The lowest BCUT2D eigenvalue weighted by Crippen LogP contribution is -2.58. The number of hydrogen-bond acceptors (Lipinski definition) is 5. The first kappa shape index (κ1) is 26.6. The molecule has 4 heterocycles. The molecule has 1 spiro atoms. The van der Waals surface area contributed by atoms with Gasteiger partial charge in [0, 0.05) is 25.3 Å². The molecule has 1 N–H and O–H groups in total. The SMILES string of the molecule is CCCCN1CC=C[C@]23O[C@@]4(CC)C=CCN(c5ccccc5)C(=O)[C@H]4[C@H]2C(=O)N([C@@H](CC)CO)C3C1=O. The number of aliphatic hydroxyl groups is 1. The van der Waals surface area contributed by atoms with Crippen molar-refractivity contribution in [1.29, 1.82) is 0 Å². The number of unbranched alkanes of at least 4 members (excludes halogenated alkanes) is 1. The standard InChI is InChI=1S/C30H39N3O5/c1-4-7-17-31-18-12-16-30-24(27(36)33(21(5-2)20-34)25(30)28(31)37)23-26(35)32(22-13-9-8-10-14-22)19-11-15-29(23,6-3)38-30/h8-16,21,23-25,34H,4-7,17-20H2,1-3H3/t21-,23+,24-,25?,29-,30-/m0/s1. The minimum absolute atomic E-state index is 0.176. The van der Waals surface area contributed by atoms with Crippen molar-refractivity contribution in [3.8, 4) is 0 Å². The van der Waals surface area contributed by atoms with Gasteiger partial charge in [0.2, 0.25) is 17.7 Å². The first-order chi connectivity index (χ1) is 18.4. The Morgan fingerprint density at radius 3 is 2.37 bits per heavy atom. The molecule has 204 valence electrons. The Labute approximate surface area is 224 Å². The second-order valence-electron chi connectivity index (χ2n) is 10.8. The van der Waals surface area contributed by atoms with Crippen LogP contribution in [0, 0.1) is 11.8 Å². The van der Waals surface area contributed by atoms with E-state index < -0.39 is 35.1 Å². The van der Waals surface area contributed by atoms with Crippen LogP contribution < -0.4 is 4.90 Å². The lowest BCUT2D eigenvalue weighted by Gasteiger charge is -2.40. The summed E-state index contributed by atoms with van der Waals surface area (Å²) in [6.45, 7) is 7.06. The van der Waals surface area contributed by atoms with Gasteiger partial charge >= 0.3 is 0 Å². The maximum absolute atomic E-state index is 14.4. The number of benzene rings is 1. The van der Waals surface area contributed by atoms with Crippen LogP contribution in [0.3, 0.4) is 0 Å². The fourth-order valence-electron chi connectivity index (χ4n) is 6.94. The van der Waals surface area contributed by atoms with E-state index in [-0.39, 0.29) is 24.3 Å². The van der Waals surface area contributed by atoms with Crippen molar-refractivity contribution in [3.63, 3.8) is 0 Å². The summed E-state index contributed by atoms with van der Waals surface area (Å²) in [7, 11) is 0. The van der Waals surface area contributed by atoms with E-state index in [1.54, 1.807) is 14.7 Å². The highest BCUT2D eigenvalue weighted by Crippen LogP contribution is 2.59. The van der Waals surface area contributed by atoms with E-state index in [1.807, 2.05) is 68.5 Å². The summed E-state index contributed by atoms with van der Waals surface area (Å²) in [5.74, 6) is -2.32. The smallest absolute Gasteiger partial charge is 0.249 e. The minimum atomic E-state index is -1.29. The Bertz CT molecular complexity index is 1130. The number of para-hydroxylation sites is 1. The number of fused-ring (bicyclic) bond motifs is 2. The van der Waals surface area contributed by atoms with Gasteiger partial charge in [-0.3, -0.25) is 14.4 Å². The monoisotopic (exact) mass is 521 g/mol. The van der Waals surface area contributed by atoms with Crippen LogP contribution in [0.2, 0.25) is 0 Å². The molecule has 5 rings (SSSR count). The molecule has 0 saturated carbocycles. The number of hydrogen-bond donors (Lipinski definition) is 1. The molecular weight excluding hydrogens is 482 g/mol. The van der Waals surface area contributed by atoms with E-state index in [9.17, 15) is 19.5 Å². The zero-order chi connectivity index (χ0) is 27.1. The largest absolute Gasteiger partial charge is 0.394 e. The molecule has 8 nitrogen and oxygen atoms in total. The van der Waals surface area contributed by atoms with Crippen molar-refractivity contribution in [2.45, 2.75) is 69.7 Å². The number of aliphatic hydroxyl groups excluding tert-OH is 1. The predicted octanol–water partition coefficient (Wildman–Crippen LogP) is 2.92. The predicted molar refractivity (Wildman–Crippen MR) is 144 cm³/mol. The van der Waals surface area contributed by atoms with Crippen molar-refractivity contribution in [1.82, 2.24) is 9.80 Å². The molecule has 1 aromatic carbocycles. The number of anilines is 1. The third-order valence-corrected chi connectivity index (χ3v) is 8.89. The minimum Gasteiger partial charge on any atom is -0.394 e. The van der Waals surface area contributed by atoms with Crippen molar-refractivity contribution in [2.24, 2.45) is 11.8 Å². The number of likely N-dealkylation sites (tertiary alicyclic amines) is 1. The molecule has 6 atom stereocenters. The van der Waals surface area contributed by atoms with Gasteiger partial charge < -0.3 is 24.5 Å². The molecule has 4 aliphatic heterocycles. The first-order valence-electron chi connectivity index (χ1n) is 14.0. The van der Waals surface area contributed by atoms with E-state index in [2.05, 4.69) is 6.92 Å². The molecule has 1 unspecified atom stereocenters. The Morgan fingerprint density at radius 1 is 0.974 bits per heavy atom. The second-order valence-corrected chi connectivity index (χ2v) is 10.8. The summed E-state index contributed by atoms with van der Waals surface area (Å²) >= 11 is 0. The summed E-state index contributed by atoms with van der Waals surface area (Å²) in [4.78, 5) is 48.1. The second kappa shape index (κ2) is 10.3. The molecule has 8 heteroatoms. The van der Waals surface area contributed by atoms with Gasteiger partial charge in [0.15, 0.2) is 0 Å². The quantitative estimate of drug-likeness (QED) is 0.532. The molecule has 0 radical (unpaired) electrons. The lowest BCUT2D eigenvalue weighted by atomic mass is 9.73. The topological polar surface area (TPSA) is 90.4 Å². The maximum atomic E-state index is 14.4. The van der Waals surface area contributed by atoms with Crippen LogP contribution in [-0.4, -0.2) is 82.2 Å². The van der Waals surface area contributed by atoms with Crippen LogP contribution in [0.25, 0.3) is 0 Å². The van der Waals surface area contributed by atoms with Crippen LogP contribution in [0.1, 0.15) is 46.5 Å². The molecule has 4 aliphatic rings. The molecule has 1 aromatic rings. The third-order valence-electron chi connectivity index (χ3n) is 8.89. The zero-order valence-corrected chi connectivity index (χ0v) is 22.6. The van der Waals surface area contributed by atoms with Crippen LogP contribution >= 0.6 is 0 Å². The molecule has 0 aliphatic carbocycles. The Balaban J connectivity index is 1.66. The van der Waals surface area contributed by atoms with Gasteiger partial charge in [-0.25, -0.2) is 0 Å². The van der Waals surface area contributed by atoms with Crippen LogP contribution in [-0.2, 0) is 19.1 Å². The van der Waals surface area contributed by atoms with Crippen LogP contribution in [0.15, 0.2) is 54.6 Å². The van der Waals surface area contributed by atoms with Crippen molar-refractivity contribution in [2.75, 3.05) is 31.1 Å². The zero-order valence-electron chi connectivity index (χ0n) is 22.6. The molecule has 2 saturated heterocycles. The van der Waals surface area contributed by atoms with Gasteiger partial charge in [0.25, 0.3) is 0 Å². The van der Waals surface area contributed by atoms with Crippen molar-refractivity contribution in [3.05, 3.63) is 54.6 Å². The summed E-state index contributed by atoms with van der Waals surface area (Å²) in [5.41, 5.74) is -1.55. The highest BCUT2D eigenvalue weighted by Gasteiger charge is 2.75. The van der Waals surface area contributed by atoms with E-state index in [1.165, 1.54) is 0 Å². The van der Waals surface area contributed by atoms with Crippen LogP contribution in [0.4, 0.5) is 5.69 Å². The molecule has 0 bridgehead atoms. The van der Waals surface area contributed by atoms with Crippen molar-refractivity contribution < 1.29 is 24.2 Å². The summed E-state index contributed by atoms with van der Waals surface area (Å²) < 4.78 is 6.98. The lowest BCUT2D eigenvalue weighted by molar-refractivity contribution is -0.155. The normalized spacial score (nSPS) is 33.2. The van der Waals surface area contributed by atoms with Crippen LogP contribution in [0.5, 0.6) is 0 Å². The number of carbonyl (C=O) groups is 3. The Hall–Kier alpha value is -2.97. The molecule has 3 amide bonds. The molecule has 0 aromatic heterocycles. The third kappa shape index (κ3) is 3.83. The average Bonchev–Trinajstić information content (AvgIpc) is 3.23. The first-order valence-corrected chi connectivity index (χ1v) is 14.0. The highest BCUT2D eigenvalue weighted by atomic mass is 16.5. The van der Waals surface area contributed by atoms with Gasteiger partial charge in [-0.15, -0.1) is 0 Å². The number of nitrogens with zero attached hydrogens (tertiary/aromatic N) is 3. The Morgan fingerprint density at radius 2 is 1.71 bits per heavy atom. The van der Waals surface area contributed by atoms with Gasteiger partial charge in [-0.1, -0.05) is 69.7 Å². The fraction of sp³-hybridized carbons (Fsp3) is 0.567.